The maximum Gasteiger partial charge on any atom is 0.261 e. The van der Waals surface area contributed by atoms with Gasteiger partial charge in [0, 0.05) is 29.0 Å². The summed E-state index contributed by atoms with van der Waals surface area (Å²) in [6.45, 7) is 4.63. The molecular formula is C28H29Br2ClN2O3. The summed E-state index contributed by atoms with van der Waals surface area (Å²) in [7, 11) is 0. The van der Waals surface area contributed by atoms with E-state index in [-0.39, 0.29) is 30.9 Å². The van der Waals surface area contributed by atoms with E-state index in [1.54, 1.807) is 23.1 Å². The molecule has 8 heteroatoms. The van der Waals surface area contributed by atoms with Crippen LogP contribution in [0.3, 0.4) is 0 Å². The number of nitrogens with zero attached hydrogens (tertiary/aromatic N) is 1. The number of carbonyl (C=O) groups excluding carboxylic acids is 2. The summed E-state index contributed by atoms with van der Waals surface area (Å²) < 4.78 is 7.39. The fraction of sp³-hybridized carbons (Fsp3) is 0.286. The first-order valence-corrected chi connectivity index (χ1v) is 13.6. The van der Waals surface area contributed by atoms with Crippen molar-refractivity contribution in [1.82, 2.24) is 10.2 Å². The number of rotatable bonds is 11. The lowest BCUT2D eigenvalue weighted by Gasteiger charge is -2.32. The lowest BCUT2D eigenvalue weighted by molar-refractivity contribution is -0.142. The summed E-state index contributed by atoms with van der Waals surface area (Å²) in [5, 5.41) is 3.58. The second-order valence-corrected chi connectivity index (χ2v) is 11.1. The van der Waals surface area contributed by atoms with Crippen molar-refractivity contribution in [3.05, 3.63) is 97.9 Å². The Bertz CT molecular complexity index is 1170. The maximum absolute atomic E-state index is 13.6. The Hall–Kier alpha value is -2.35. The molecule has 0 aromatic heterocycles. The van der Waals surface area contributed by atoms with Crippen LogP contribution < -0.4 is 10.1 Å². The summed E-state index contributed by atoms with van der Waals surface area (Å²) in [4.78, 5) is 28.7. The third-order valence-electron chi connectivity index (χ3n) is 5.44. The first kappa shape index (κ1) is 28.2. The second kappa shape index (κ2) is 13.8. The number of ether oxygens (including phenoxy) is 1. The summed E-state index contributed by atoms with van der Waals surface area (Å²) in [5.74, 6) is 0.297. The zero-order chi connectivity index (χ0) is 26.1. The molecule has 5 nitrogen and oxygen atoms in total. The largest absolute Gasteiger partial charge is 0.483 e. The Labute approximate surface area is 234 Å². The maximum atomic E-state index is 13.6. The van der Waals surface area contributed by atoms with Gasteiger partial charge in [-0.05, 0) is 63.3 Å². The van der Waals surface area contributed by atoms with Crippen molar-refractivity contribution in [2.45, 2.75) is 32.9 Å². The Balaban J connectivity index is 1.91. The number of benzene rings is 3. The second-order valence-electron chi connectivity index (χ2n) is 8.86. The van der Waals surface area contributed by atoms with Crippen LogP contribution in [0.1, 0.15) is 25.0 Å². The van der Waals surface area contributed by atoms with Crippen LogP contribution in [-0.2, 0) is 22.6 Å². The molecule has 0 radical (unpaired) electrons. The molecule has 0 aliphatic rings. The molecule has 0 heterocycles. The lowest BCUT2D eigenvalue weighted by atomic mass is 10.0. The fourth-order valence-electron chi connectivity index (χ4n) is 3.62. The Morgan fingerprint density at radius 2 is 1.69 bits per heavy atom. The highest BCUT2D eigenvalue weighted by atomic mass is 79.9. The molecule has 3 rings (SSSR count). The summed E-state index contributed by atoms with van der Waals surface area (Å²) in [5.41, 5.74) is 1.87. The first-order chi connectivity index (χ1) is 17.2. The van der Waals surface area contributed by atoms with Crippen LogP contribution in [0.25, 0.3) is 0 Å². The monoisotopic (exact) mass is 634 g/mol. The van der Waals surface area contributed by atoms with Gasteiger partial charge in [0.05, 0.1) is 4.47 Å². The van der Waals surface area contributed by atoms with Crippen LogP contribution >= 0.6 is 43.5 Å². The van der Waals surface area contributed by atoms with Gasteiger partial charge in [-0.1, -0.05) is 83.8 Å². The zero-order valence-electron chi connectivity index (χ0n) is 20.2. The predicted octanol–water partition coefficient (Wildman–Crippen LogP) is 6.66. The summed E-state index contributed by atoms with van der Waals surface area (Å²) >= 11 is 13.0. The molecule has 0 bridgehead atoms. The molecule has 0 spiro atoms. The van der Waals surface area contributed by atoms with Crippen molar-refractivity contribution in [1.29, 1.82) is 0 Å². The van der Waals surface area contributed by atoms with Gasteiger partial charge in [0.1, 0.15) is 11.8 Å². The SMILES string of the molecule is CC(C)CNC(=O)C(Cc1ccccc1)N(Cc1cccc(Br)c1)C(=O)COc1ccc(Cl)cc1Br. The zero-order valence-corrected chi connectivity index (χ0v) is 24.1. The van der Waals surface area contributed by atoms with E-state index < -0.39 is 6.04 Å². The molecule has 36 heavy (non-hydrogen) atoms. The average Bonchev–Trinajstić information content (AvgIpc) is 2.84. The minimum atomic E-state index is -0.713. The van der Waals surface area contributed by atoms with E-state index >= 15 is 0 Å². The minimum absolute atomic E-state index is 0.191. The molecule has 3 aromatic carbocycles. The van der Waals surface area contributed by atoms with Crippen LogP contribution in [0.15, 0.2) is 81.7 Å². The highest BCUT2D eigenvalue weighted by Crippen LogP contribution is 2.28. The third-order valence-corrected chi connectivity index (χ3v) is 6.79. The van der Waals surface area contributed by atoms with E-state index in [0.29, 0.717) is 28.2 Å². The standard InChI is InChI=1S/C28H29Br2ClN2O3/c1-19(2)16-32-28(35)25(14-20-7-4-3-5-8-20)33(17-21-9-6-10-22(29)13-21)27(34)18-36-26-12-11-23(31)15-24(26)30/h3-13,15,19,25H,14,16-18H2,1-2H3,(H,32,35). The first-order valence-electron chi connectivity index (χ1n) is 11.7. The van der Waals surface area contributed by atoms with Crippen molar-refractivity contribution in [3.63, 3.8) is 0 Å². The van der Waals surface area contributed by atoms with Crippen molar-refractivity contribution in [2.24, 2.45) is 5.92 Å². The van der Waals surface area contributed by atoms with Crippen LogP contribution in [-0.4, -0.2) is 35.9 Å². The molecule has 0 saturated carbocycles. The molecule has 190 valence electrons. The molecule has 1 unspecified atom stereocenters. The number of hydrogen-bond acceptors (Lipinski definition) is 3. The van der Waals surface area contributed by atoms with Gasteiger partial charge in [-0.15, -0.1) is 0 Å². The number of hydrogen-bond donors (Lipinski definition) is 1. The average molecular weight is 637 g/mol. The van der Waals surface area contributed by atoms with E-state index in [2.05, 4.69) is 37.2 Å². The Kier molecular flexibility index (Phi) is 10.8. The van der Waals surface area contributed by atoms with Crippen molar-refractivity contribution < 1.29 is 14.3 Å². The van der Waals surface area contributed by atoms with Gasteiger partial charge in [-0.3, -0.25) is 9.59 Å². The quantitative estimate of drug-likeness (QED) is 0.256. The molecular weight excluding hydrogens is 608 g/mol. The molecule has 1 atom stereocenters. The Morgan fingerprint density at radius 3 is 2.36 bits per heavy atom. The van der Waals surface area contributed by atoms with E-state index in [0.717, 1.165) is 15.6 Å². The molecule has 0 saturated heterocycles. The van der Waals surface area contributed by atoms with E-state index in [9.17, 15) is 9.59 Å². The lowest BCUT2D eigenvalue weighted by Crippen LogP contribution is -2.52. The molecule has 0 fully saturated rings. The van der Waals surface area contributed by atoms with Gasteiger partial charge in [-0.2, -0.15) is 0 Å². The summed E-state index contributed by atoms with van der Waals surface area (Å²) in [6, 6.07) is 21.8. The molecule has 0 aliphatic carbocycles. The van der Waals surface area contributed by atoms with Gasteiger partial charge in [0.25, 0.3) is 5.91 Å². The predicted molar refractivity (Wildman–Crippen MR) is 151 cm³/mol. The molecule has 1 N–H and O–H groups in total. The number of carbonyl (C=O) groups is 2. The van der Waals surface area contributed by atoms with Crippen LogP contribution in [0, 0.1) is 5.92 Å². The van der Waals surface area contributed by atoms with Gasteiger partial charge < -0.3 is 15.0 Å². The van der Waals surface area contributed by atoms with Crippen LogP contribution in [0.2, 0.25) is 5.02 Å². The minimum Gasteiger partial charge on any atom is -0.483 e. The summed E-state index contributed by atoms with van der Waals surface area (Å²) in [6.07, 6.45) is 0.384. The van der Waals surface area contributed by atoms with E-state index in [1.807, 2.05) is 68.4 Å². The van der Waals surface area contributed by atoms with Crippen molar-refractivity contribution in [3.8, 4) is 5.75 Å². The van der Waals surface area contributed by atoms with Gasteiger partial charge in [-0.25, -0.2) is 0 Å². The molecule has 2 amide bonds. The van der Waals surface area contributed by atoms with Gasteiger partial charge in [0.2, 0.25) is 5.91 Å². The normalized spacial score (nSPS) is 11.7. The van der Waals surface area contributed by atoms with Gasteiger partial charge >= 0.3 is 0 Å². The number of halogens is 3. The van der Waals surface area contributed by atoms with Crippen LogP contribution in [0.4, 0.5) is 0 Å². The van der Waals surface area contributed by atoms with Crippen LogP contribution in [0.5, 0.6) is 5.75 Å². The highest BCUT2D eigenvalue weighted by Gasteiger charge is 2.31. The topological polar surface area (TPSA) is 58.6 Å². The number of nitrogens with one attached hydrogen (secondary N) is 1. The fourth-order valence-corrected chi connectivity index (χ4v) is 4.87. The van der Waals surface area contributed by atoms with Crippen molar-refractivity contribution >= 4 is 55.3 Å². The number of amides is 2. The molecule has 0 aliphatic heterocycles. The van der Waals surface area contributed by atoms with Crippen molar-refractivity contribution in [2.75, 3.05) is 13.2 Å². The van der Waals surface area contributed by atoms with E-state index in [1.165, 1.54) is 0 Å². The smallest absolute Gasteiger partial charge is 0.261 e. The van der Waals surface area contributed by atoms with Gasteiger partial charge in [0.15, 0.2) is 6.61 Å². The van der Waals surface area contributed by atoms with E-state index in [4.69, 9.17) is 16.3 Å². The third kappa shape index (κ3) is 8.64. The highest BCUT2D eigenvalue weighted by molar-refractivity contribution is 9.10. The molecule has 3 aromatic rings. The Morgan fingerprint density at radius 1 is 0.972 bits per heavy atom.